The van der Waals surface area contributed by atoms with E-state index in [9.17, 15) is 9.59 Å². The van der Waals surface area contributed by atoms with Crippen molar-refractivity contribution in [3.8, 4) is 11.5 Å². The third kappa shape index (κ3) is 6.52. The van der Waals surface area contributed by atoms with E-state index in [0.29, 0.717) is 42.9 Å². The van der Waals surface area contributed by atoms with Crippen LogP contribution >= 0.6 is 31.9 Å². The first kappa shape index (κ1) is 28.4. The molecule has 0 bridgehead atoms. The zero-order valence-corrected chi connectivity index (χ0v) is 25.1. The third-order valence-corrected chi connectivity index (χ3v) is 7.80. The van der Waals surface area contributed by atoms with Crippen LogP contribution in [0.25, 0.3) is 0 Å². The molecule has 8 heteroatoms. The number of anilines is 2. The Morgan fingerprint density at radius 1 is 0.615 bits per heavy atom. The molecule has 4 aromatic carbocycles. The molecule has 200 valence electrons. The fourth-order valence-electron chi connectivity index (χ4n) is 4.13. The van der Waals surface area contributed by atoms with E-state index in [1.165, 1.54) is 0 Å². The summed E-state index contributed by atoms with van der Waals surface area (Å²) in [6, 6.07) is 26.0. The maximum Gasteiger partial charge on any atom is 0.255 e. The molecule has 0 atom stereocenters. The van der Waals surface area contributed by atoms with Gasteiger partial charge in [0.1, 0.15) is 11.5 Å². The molecule has 4 aromatic rings. The molecule has 0 unspecified atom stereocenters. The summed E-state index contributed by atoms with van der Waals surface area (Å²) in [4.78, 5) is 25.4. The van der Waals surface area contributed by atoms with Gasteiger partial charge in [0.05, 0.1) is 23.2 Å². The summed E-state index contributed by atoms with van der Waals surface area (Å²) in [5.41, 5.74) is 4.34. The van der Waals surface area contributed by atoms with E-state index < -0.39 is 0 Å². The Balaban J connectivity index is 1.42. The number of nitrogens with one attached hydrogen (secondary N) is 2. The summed E-state index contributed by atoms with van der Waals surface area (Å²) < 4.78 is 11.9. The van der Waals surface area contributed by atoms with Crippen LogP contribution in [0, 0.1) is 0 Å². The molecule has 39 heavy (non-hydrogen) atoms. The van der Waals surface area contributed by atoms with Crippen LogP contribution in [-0.4, -0.2) is 26.0 Å². The van der Waals surface area contributed by atoms with Crippen molar-refractivity contribution in [2.75, 3.05) is 24.9 Å². The van der Waals surface area contributed by atoms with Gasteiger partial charge in [0.25, 0.3) is 11.8 Å². The van der Waals surface area contributed by atoms with E-state index in [4.69, 9.17) is 9.47 Å². The standard InChI is InChI=1S/C31H28Br2N2O4/c1-31(2,21-7-11-23(12-8-21)34-29(36)19-5-15-27(38-3)25(32)17-19)22-9-13-24(14-10-22)35-30(37)20-6-16-28(39-4)26(33)18-20/h5-18H,1-4H3,(H,34,36)(H,35,37). The summed E-state index contributed by atoms with van der Waals surface area (Å²) in [6.45, 7) is 4.27. The number of carbonyl (C=O) groups is 2. The molecule has 0 aliphatic heterocycles. The Kier molecular flexibility index (Phi) is 8.77. The third-order valence-electron chi connectivity index (χ3n) is 6.56. The Morgan fingerprint density at radius 2 is 0.974 bits per heavy atom. The summed E-state index contributed by atoms with van der Waals surface area (Å²) in [6.07, 6.45) is 0. The van der Waals surface area contributed by atoms with Crippen molar-refractivity contribution in [2.24, 2.45) is 0 Å². The normalized spacial score (nSPS) is 11.0. The lowest BCUT2D eigenvalue weighted by atomic mass is 9.78. The van der Waals surface area contributed by atoms with Crippen LogP contribution < -0.4 is 20.1 Å². The first-order valence-corrected chi connectivity index (χ1v) is 13.7. The van der Waals surface area contributed by atoms with Gasteiger partial charge in [-0.05, 0) is 104 Å². The van der Waals surface area contributed by atoms with Gasteiger partial charge in [-0.3, -0.25) is 9.59 Å². The van der Waals surface area contributed by atoms with Crippen molar-refractivity contribution in [1.82, 2.24) is 0 Å². The number of hydrogen-bond donors (Lipinski definition) is 2. The molecular formula is C31H28Br2N2O4. The number of hydrogen-bond acceptors (Lipinski definition) is 4. The minimum atomic E-state index is -0.299. The number of rotatable bonds is 8. The highest BCUT2D eigenvalue weighted by Crippen LogP contribution is 2.33. The van der Waals surface area contributed by atoms with Crippen LogP contribution in [0.1, 0.15) is 45.7 Å². The Morgan fingerprint density at radius 3 is 1.28 bits per heavy atom. The predicted octanol–water partition coefficient (Wildman–Crippen LogP) is 8.06. The van der Waals surface area contributed by atoms with E-state index in [1.54, 1.807) is 50.6 Å². The zero-order valence-electron chi connectivity index (χ0n) is 22.0. The van der Waals surface area contributed by atoms with Gasteiger partial charge in [-0.15, -0.1) is 0 Å². The van der Waals surface area contributed by atoms with Crippen LogP contribution in [0.5, 0.6) is 11.5 Å². The Bertz CT molecular complexity index is 1390. The van der Waals surface area contributed by atoms with E-state index in [-0.39, 0.29) is 17.2 Å². The van der Waals surface area contributed by atoms with Gasteiger partial charge in [0.2, 0.25) is 0 Å². The molecule has 0 aromatic heterocycles. The molecule has 0 aliphatic rings. The summed E-state index contributed by atoms with van der Waals surface area (Å²) in [7, 11) is 3.16. The second-order valence-corrected chi connectivity index (χ2v) is 11.1. The quantitative estimate of drug-likeness (QED) is 0.202. The summed E-state index contributed by atoms with van der Waals surface area (Å²) >= 11 is 6.83. The molecule has 0 radical (unpaired) electrons. The lowest BCUT2D eigenvalue weighted by Crippen LogP contribution is -2.19. The second-order valence-electron chi connectivity index (χ2n) is 9.39. The molecule has 0 fully saturated rings. The van der Waals surface area contributed by atoms with Gasteiger partial charge in [-0.1, -0.05) is 38.1 Å². The number of methoxy groups -OCH3 is 2. The molecule has 2 N–H and O–H groups in total. The topological polar surface area (TPSA) is 76.7 Å². The second kappa shape index (κ2) is 12.1. The van der Waals surface area contributed by atoms with Gasteiger partial charge in [0.15, 0.2) is 0 Å². The van der Waals surface area contributed by atoms with Crippen LogP contribution in [-0.2, 0) is 5.41 Å². The fraction of sp³-hybridized carbons (Fsp3) is 0.161. The van der Waals surface area contributed by atoms with E-state index in [0.717, 1.165) is 11.1 Å². The molecule has 6 nitrogen and oxygen atoms in total. The fourth-order valence-corrected chi connectivity index (χ4v) is 5.21. The Labute approximate surface area is 245 Å². The Hall–Kier alpha value is -3.62. The largest absolute Gasteiger partial charge is 0.496 e. The van der Waals surface area contributed by atoms with Crippen LogP contribution in [0.3, 0.4) is 0 Å². The number of amides is 2. The van der Waals surface area contributed by atoms with Crippen LogP contribution in [0.4, 0.5) is 11.4 Å². The number of halogens is 2. The van der Waals surface area contributed by atoms with Crippen molar-refractivity contribution in [3.63, 3.8) is 0 Å². The van der Waals surface area contributed by atoms with Crippen molar-refractivity contribution in [1.29, 1.82) is 0 Å². The van der Waals surface area contributed by atoms with Crippen molar-refractivity contribution >= 4 is 55.0 Å². The molecule has 0 spiro atoms. The molecule has 0 saturated carbocycles. The van der Waals surface area contributed by atoms with Crippen molar-refractivity contribution in [3.05, 3.63) is 116 Å². The average molecular weight is 652 g/mol. The molecule has 4 rings (SSSR count). The van der Waals surface area contributed by atoms with Gasteiger partial charge in [0, 0.05) is 27.9 Å². The number of ether oxygens (including phenoxy) is 2. The SMILES string of the molecule is COc1ccc(C(=O)Nc2ccc(C(C)(C)c3ccc(NC(=O)c4ccc(OC)c(Br)c4)cc3)cc2)cc1Br. The highest BCUT2D eigenvalue weighted by molar-refractivity contribution is 9.10. The van der Waals surface area contributed by atoms with Crippen molar-refractivity contribution < 1.29 is 19.1 Å². The van der Waals surface area contributed by atoms with Crippen molar-refractivity contribution in [2.45, 2.75) is 19.3 Å². The first-order valence-electron chi connectivity index (χ1n) is 12.1. The monoisotopic (exact) mass is 650 g/mol. The summed E-state index contributed by atoms with van der Waals surface area (Å²) in [5.74, 6) is 0.924. The molecule has 0 saturated heterocycles. The average Bonchev–Trinajstić information content (AvgIpc) is 2.93. The molecule has 0 heterocycles. The van der Waals surface area contributed by atoms with Gasteiger partial charge >= 0.3 is 0 Å². The van der Waals surface area contributed by atoms with E-state index in [1.807, 2.05) is 48.5 Å². The maximum absolute atomic E-state index is 12.7. The lowest BCUT2D eigenvalue weighted by molar-refractivity contribution is 0.101. The molecule has 0 aliphatic carbocycles. The van der Waals surface area contributed by atoms with Gasteiger partial charge in [-0.2, -0.15) is 0 Å². The van der Waals surface area contributed by atoms with Crippen LogP contribution in [0.2, 0.25) is 0 Å². The van der Waals surface area contributed by atoms with Gasteiger partial charge < -0.3 is 20.1 Å². The highest BCUT2D eigenvalue weighted by atomic mass is 79.9. The predicted molar refractivity (Wildman–Crippen MR) is 162 cm³/mol. The smallest absolute Gasteiger partial charge is 0.255 e. The maximum atomic E-state index is 12.7. The zero-order chi connectivity index (χ0) is 28.2. The first-order chi connectivity index (χ1) is 18.6. The number of benzene rings is 4. The number of carbonyl (C=O) groups excluding carboxylic acids is 2. The minimum Gasteiger partial charge on any atom is -0.496 e. The van der Waals surface area contributed by atoms with Gasteiger partial charge in [-0.25, -0.2) is 0 Å². The minimum absolute atomic E-state index is 0.204. The van der Waals surface area contributed by atoms with E-state index >= 15 is 0 Å². The highest BCUT2D eigenvalue weighted by Gasteiger charge is 2.23. The van der Waals surface area contributed by atoms with Crippen LogP contribution in [0.15, 0.2) is 93.9 Å². The molecule has 2 amide bonds. The molecular weight excluding hydrogens is 624 g/mol. The van der Waals surface area contributed by atoms with E-state index in [2.05, 4.69) is 56.3 Å². The summed E-state index contributed by atoms with van der Waals surface area (Å²) in [5, 5.41) is 5.88. The lowest BCUT2D eigenvalue weighted by Gasteiger charge is -2.26.